The topological polar surface area (TPSA) is 31.4 Å². The van der Waals surface area contributed by atoms with Crippen LogP contribution >= 0.6 is 23.7 Å². The number of thiazole rings is 1. The molecule has 0 spiro atoms. The van der Waals surface area contributed by atoms with Gasteiger partial charge in [0.05, 0.1) is 10.7 Å². The molecule has 1 atom stereocenters. The highest BCUT2D eigenvalue weighted by Gasteiger charge is 2.26. The minimum Gasteiger partial charge on any atom is -0.315 e. The first-order valence-electron chi connectivity index (χ1n) is 7.45. The molecule has 0 aliphatic carbocycles. The molecule has 0 bridgehead atoms. The molecule has 114 valence electrons. The largest absolute Gasteiger partial charge is 0.315 e. The number of halogens is 1. The average molecular weight is 317 g/mol. The van der Waals surface area contributed by atoms with E-state index in [1.165, 1.54) is 56.4 Å². The molecule has 0 aromatic carbocycles. The third-order valence-electron chi connectivity index (χ3n) is 4.24. The zero-order valence-electron chi connectivity index (χ0n) is 12.2. The van der Waals surface area contributed by atoms with Gasteiger partial charge in [0.15, 0.2) is 0 Å². The molecule has 0 radical (unpaired) electrons. The van der Waals surface area contributed by atoms with Crippen molar-refractivity contribution < 1.29 is 0 Å². The molecular weight excluding hydrogens is 292 g/mol. The fourth-order valence-corrected chi connectivity index (χ4v) is 3.79. The second-order valence-electron chi connectivity index (χ2n) is 5.54. The number of aryl methyl sites for hydroxylation is 1. The highest BCUT2D eigenvalue weighted by atomic mass is 35.5. The lowest BCUT2D eigenvalue weighted by Crippen LogP contribution is -2.50. The molecule has 1 aromatic heterocycles. The summed E-state index contributed by atoms with van der Waals surface area (Å²) < 4.78 is 0. The van der Waals surface area contributed by atoms with Crippen molar-refractivity contribution in [1.29, 1.82) is 0 Å². The third-order valence-corrected chi connectivity index (χ3v) is 5.29. The lowest BCUT2D eigenvalue weighted by Gasteiger charge is -2.37. The summed E-state index contributed by atoms with van der Waals surface area (Å²) in [5.74, 6) is 0. The van der Waals surface area contributed by atoms with Crippen molar-refractivity contribution in [3.05, 3.63) is 16.1 Å². The van der Waals surface area contributed by atoms with Crippen molar-refractivity contribution in [2.75, 3.05) is 39.3 Å². The number of nitrogens with one attached hydrogen (secondary N) is 1. The molecule has 0 saturated carbocycles. The minimum absolute atomic E-state index is 0. The van der Waals surface area contributed by atoms with Crippen molar-refractivity contribution in [3.8, 4) is 0 Å². The van der Waals surface area contributed by atoms with E-state index in [-0.39, 0.29) is 12.4 Å². The van der Waals surface area contributed by atoms with Crippen molar-refractivity contribution >= 4 is 23.7 Å². The summed E-state index contributed by atoms with van der Waals surface area (Å²) in [7, 11) is 0. The van der Waals surface area contributed by atoms with Gasteiger partial charge in [-0.2, -0.15) is 0 Å². The Kier molecular flexibility index (Phi) is 6.23. The highest BCUT2D eigenvalue weighted by Crippen LogP contribution is 2.15. The molecule has 6 heteroatoms. The molecule has 3 heterocycles. The molecule has 2 saturated heterocycles. The van der Waals surface area contributed by atoms with Crippen LogP contribution in [0.15, 0.2) is 5.38 Å². The molecule has 2 aliphatic heterocycles. The van der Waals surface area contributed by atoms with Crippen LogP contribution in [-0.2, 0) is 13.0 Å². The van der Waals surface area contributed by atoms with Gasteiger partial charge in [-0.1, -0.05) is 6.92 Å². The SMILES string of the molecule is CCc1nc(CN2CCN(C3CCNC3)CC2)cs1.Cl. The fourth-order valence-electron chi connectivity index (χ4n) is 3.05. The van der Waals surface area contributed by atoms with Gasteiger partial charge in [0.2, 0.25) is 0 Å². The maximum atomic E-state index is 4.67. The van der Waals surface area contributed by atoms with E-state index < -0.39 is 0 Å². The predicted molar refractivity (Wildman–Crippen MR) is 86.9 cm³/mol. The summed E-state index contributed by atoms with van der Waals surface area (Å²) in [6, 6.07) is 0.785. The second-order valence-corrected chi connectivity index (χ2v) is 6.49. The monoisotopic (exact) mass is 316 g/mol. The van der Waals surface area contributed by atoms with Crippen LogP contribution in [0.1, 0.15) is 24.0 Å². The summed E-state index contributed by atoms with van der Waals surface area (Å²) in [4.78, 5) is 9.88. The van der Waals surface area contributed by atoms with Crippen LogP contribution in [0.3, 0.4) is 0 Å². The van der Waals surface area contributed by atoms with E-state index in [4.69, 9.17) is 0 Å². The Balaban J connectivity index is 0.00000147. The summed E-state index contributed by atoms with van der Waals surface area (Å²) >= 11 is 1.80. The van der Waals surface area contributed by atoms with Crippen molar-refractivity contribution in [1.82, 2.24) is 20.1 Å². The first-order valence-corrected chi connectivity index (χ1v) is 8.33. The maximum Gasteiger partial charge on any atom is 0.0926 e. The molecule has 1 N–H and O–H groups in total. The lowest BCUT2D eigenvalue weighted by atomic mass is 10.2. The quantitative estimate of drug-likeness (QED) is 0.914. The number of hydrogen-bond donors (Lipinski definition) is 1. The van der Waals surface area contributed by atoms with Crippen LogP contribution in [0, 0.1) is 0 Å². The van der Waals surface area contributed by atoms with E-state index in [9.17, 15) is 0 Å². The Labute approximate surface area is 132 Å². The smallest absolute Gasteiger partial charge is 0.0926 e. The molecule has 1 unspecified atom stereocenters. The van der Waals surface area contributed by atoms with Gasteiger partial charge >= 0.3 is 0 Å². The molecule has 2 aliphatic rings. The Bertz CT molecular complexity index is 398. The lowest BCUT2D eigenvalue weighted by molar-refractivity contribution is 0.0974. The van der Waals surface area contributed by atoms with E-state index >= 15 is 0 Å². The average Bonchev–Trinajstić information content (AvgIpc) is 3.10. The van der Waals surface area contributed by atoms with Crippen LogP contribution < -0.4 is 5.32 Å². The van der Waals surface area contributed by atoms with E-state index in [1.807, 2.05) is 0 Å². The normalized spacial score (nSPS) is 24.8. The molecule has 3 rings (SSSR count). The molecular formula is C14H25ClN4S. The number of nitrogens with zero attached hydrogens (tertiary/aromatic N) is 3. The van der Waals surface area contributed by atoms with Gasteiger partial charge < -0.3 is 5.32 Å². The zero-order valence-corrected chi connectivity index (χ0v) is 13.8. The number of rotatable bonds is 4. The molecule has 1 aromatic rings. The van der Waals surface area contributed by atoms with Gasteiger partial charge in [0.25, 0.3) is 0 Å². The standard InChI is InChI=1S/C14H24N4S.ClH/c1-2-14-16-12(11-19-14)10-17-5-7-18(8-6-17)13-3-4-15-9-13;/h11,13,15H,2-10H2,1H3;1H. The molecule has 0 amide bonds. The van der Waals surface area contributed by atoms with Crippen molar-refractivity contribution in [2.45, 2.75) is 32.4 Å². The number of hydrogen-bond acceptors (Lipinski definition) is 5. The van der Waals surface area contributed by atoms with Crippen molar-refractivity contribution in [3.63, 3.8) is 0 Å². The Hall–Kier alpha value is -0.200. The highest BCUT2D eigenvalue weighted by molar-refractivity contribution is 7.09. The van der Waals surface area contributed by atoms with Gasteiger partial charge in [0.1, 0.15) is 0 Å². The zero-order chi connectivity index (χ0) is 13.1. The van der Waals surface area contributed by atoms with Crippen LogP contribution in [0.5, 0.6) is 0 Å². The van der Waals surface area contributed by atoms with Crippen molar-refractivity contribution in [2.24, 2.45) is 0 Å². The van der Waals surface area contributed by atoms with Crippen LogP contribution in [0.25, 0.3) is 0 Å². The summed E-state index contributed by atoms with van der Waals surface area (Å²) in [6.07, 6.45) is 2.39. The number of aromatic nitrogens is 1. The first kappa shape index (κ1) is 16.2. The van der Waals surface area contributed by atoms with Gasteiger partial charge in [-0.05, 0) is 19.4 Å². The fraction of sp³-hybridized carbons (Fsp3) is 0.786. The molecule has 20 heavy (non-hydrogen) atoms. The molecule has 2 fully saturated rings. The Morgan fingerprint density at radius 3 is 2.75 bits per heavy atom. The van der Waals surface area contributed by atoms with E-state index in [0.29, 0.717) is 0 Å². The number of piperazine rings is 1. The first-order chi connectivity index (χ1) is 9.35. The van der Waals surface area contributed by atoms with Gasteiger partial charge in [-0.3, -0.25) is 9.80 Å². The van der Waals surface area contributed by atoms with Crippen LogP contribution in [-0.4, -0.2) is 60.1 Å². The third kappa shape index (κ3) is 3.92. The van der Waals surface area contributed by atoms with Gasteiger partial charge in [-0.25, -0.2) is 4.98 Å². The van der Waals surface area contributed by atoms with E-state index in [2.05, 4.69) is 32.4 Å². The Morgan fingerprint density at radius 2 is 2.15 bits per heavy atom. The molecule has 4 nitrogen and oxygen atoms in total. The summed E-state index contributed by atoms with van der Waals surface area (Å²) in [6.45, 7) is 10.4. The van der Waals surface area contributed by atoms with Crippen LogP contribution in [0.4, 0.5) is 0 Å². The Morgan fingerprint density at radius 1 is 1.35 bits per heavy atom. The van der Waals surface area contributed by atoms with Gasteiger partial charge in [0, 0.05) is 50.7 Å². The van der Waals surface area contributed by atoms with Crippen LogP contribution in [0.2, 0.25) is 0 Å². The predicted octanol–water partition coefficient (Wildman–Crippen LogP) is 1.61. The van der Waals surface area contributed by atoms with E-state index in [1.54, 1.807) is 11.3 Å². The second kappa shape index (κ2) is 7.71. The maximum absolute atomic E-state index is 4.67. The van der Waals surface area contributed by atoms with Gasteiger partial charge in [-0.15, -0.1) is 23.7 Å². The van der Waals surface area contributed by atoms with E-state index in [0.717, 1.165) is 19.0 Å². The minimum atomic E-state index is 0. The summed E-state index contributed by atoms with van der Waals surface area (Å²) in [5, 5.41) is 6.96. The summed E-state index contributed by atoms with van der Waals surface area (Å²) in [5.41, 5.74) is 1.26.